The molecule has 1 heterocycles. The summed E-state index contributed by atoms with van der Waals surface area (Å²) in [4.78, 5) is 27.5. The van der Waals surface area contributed by atoms with Gasteiger partial charge in [0.1, 0.15) is 5.82 Å². The number of nitrogens with one attached hydrogen (secondary N) is 3. The summed E-state index contributed by atoms with van der Waals surface area (Å²) in [6.45, 7) is 3.49. The highest BCUT2D eigenvalue weighted by Crippen LogP contribution is 2.19. The SMILES string of the molecule is CC(=O)Nc1ccc(Nc2ccc(NC(=O)Cc3ccc(C)cc3)cn2)cc1. The first-order chi connectivity index (χ1) is 13.5. The van der Waals surface area contributed by atoms with E-state index in [4.69, 9.17) is 0 Å². The summed E-state index contributed by atoms with van der Waals surface area (Å²) < 4.78 is 0. The molecule has 2 amide bonds. The van der Waals surface area contributed by atoms with E-state index in [2.05, 4.69) is 20.9 Å². The van der Waals surface area contributed by atoms with Crippen LogP contribution in [0.3, 0.4) is 0 Å². The number of carbonyl (C=O) groups excluding carboxylic acids is 2. The van der Waals surface area contributed by atoms with Crippen LogP contribution in [0.5, 0.6) is 0 Å². The fraction of sp³-hybridized carbons (Fsp3) is 0.136. The third-order valence-electron chi connectivity index (χ3n) is 4.01. The Morgan fingerprint density at radius 3 is 2.07 bits per heavy atom. The smallest absolute Gasteiger partial charge is 0.228 e. The number of rotatable bonds is 6. The number of hydrogen-bond acceptors (Lipinski definition) is 4. The van der Waals surface area contributed by atoms with Crippen LogP contribution in [0, 0.1) is 6.92 Å². The monoisotopic (exact) mass is 374 g/mol. The summed E-state index contributed by atoms with van der Waals surface area (Å²) in [7, 11) is 0. The summed E-state index contributed by atoms with van der Waals surface area (Å²) in [5, 5.41) is 8.74. The van der Waals surface area contributed by atoms with Crippen molar-refractivity contribution >= 4 is 34.7 Å². The standard InChI is InChI=1S/C22H22N4O2/c1-15-3-5-17(6-4-15)13-22(28)26-20-11-12-21(23-14-20)25-19-9-7-18(8-10-19)24-16(2)27/h3-12,14H,13H2,1-2H3,(H,23,25)(H,24,27)(H,26,28). The molecule has 6 nitrogen and oxygen atoms in total. The lowest BCUT2D eigenvalue weighted by atomic mass is 10.1. The predicted molar refractivity (Wildman–Crippen MR) is 112 cm³/mol. The minimum Gasteiger partial charge on any atom is -0.340 e. The van der Waals surface area contributed by atoms with E-state index in [-0.39, 0.29) is 11.8 Å². The fourth-order valence-corrected chi connectivity index (χ4v) is 2.63. The highest BCUT2D eigenvalue weighted by atomic mass is 16.2. The lowest BCUT2D eigenvalue weighted by molar-refractivity contribution is -0.116. The summed E-state index contributed by atoms with van der Waals surface area (Å²) in [5.41, 5.74) is 4.36. The average molecular weight is 374 g/mol. The first-order valence-electron chi connectivity index (χ1n) is 8.94. The van der Waals surface area contributed by atoms with Crippen molar-refractivity contribution in [2.24, 2.45) is 0 Å². The molecule has 0 fully saturated rings. The predicted octanol–water partition coefficient (Wildman–Crippen LogP) is 4.27. The molecule has 0 aliphatic heterocycles. The van der Waals surface area contributed by atoms with Crippen molar-refractivity contribution in [3.05, 3.63) is 78.0 Å². The van der Waals surface area contributed by atoms with Gasteiger partial charge in [0.05, 0.1) is 18.3 Å². The Morgan fingerprint density at radius 2 is 1.46 bits per heavy atom. The number of pyridine rings is 1. The molecule has 2 aromatic carbocycles. The number of aryl methyl sites for hydroxylation is 1. The van der Waals surface area contributed by atoms with Crippen LogP contribution in [0.2, 0.25) is 0 Å². The summed E-state index contributed by atoms with van der Waals surface area (Å²) in [6, 6.07) is 18.8. The van der Waals surface area contributed by atoms with E-state index in [9.17, 15) is 9.59 Å². The first kappa shape index (κ1) is 19.1. The van der Waals surface area contributed by atoms with E-state index in [0.29, 0.717) is 17.9 Å². The number of carbonyl (C=O) groups is 2. The highest BCUT2D eigenvalue weighted by Gasteiger charge is 2.05. The largest absolute Gasteiger partial charge is 0.340 e. The molecule has 0 unspecified atom stereocenters. The van der Waals surface area contributed by atoms with E-state index >= 15 is 0 Å². The van der Waals surface area contributed by atoms with Gasteiger partial charge < -0.3 is 16.0 Å². The van der Waals surface area contributed by atoms with Gasteiger partial charge in [0.15, 0.2) is 0 Å². The Labute approximate surface area is 164 Å². The zero-order valence-electron chi connectivity index (χ0n) is 15.8. The Hall–Kier alpha value is -3.67. The minimum absolute atomic E-state index is 0.0834. The van der Waals surface area contributed by atoms with Gasteiger partial charge in [0, 0.05) is 18.3 Å². The Kier molecular flexibility index (Phi) is 6.01. The molecule has 0 aliphatic rings. The topological polar surface area (TPSA) is 83.1 Å². The molecule has 0 bridgehead atoms. The van der Waals surface area contributed by atoms with Crippen LogP contribution in [0.4, 0.5) is 22.9 Å². The summed E-state index contributed by atoms with van der Waals surface area (Å²) >= 11 is 0. The maximum absolute atomic E-state index is 12.2. The molecule has 3 rings (SSSR count). The molecule has 142 valence electrons. The van der Waals surface area contributed by atoms with Crippen LogP contribution in [0.25, 0.3) is 0 Å². The zero-order valence-corrected chi connectivity index (χ0v) is 15.8. The van der Waals surface area contributed by atoms with Crippen molar-refractivity contribution in [2.75, 3.05) is 16.0 Å². The molecular formula is C22H22N4O2. The molecule has 6 heteroatoms. The van der Waals surface area contributed by atoms with Crippen LogP contribution in [0.1, 0.15) is 18.1 Å². The summed E-state index contributed by atoms with van der Waals surface area (Å²) in [6.07, 6.45) is 1.93. The lowest BCUT2D eigenvalue weighted by Crippen LogP contribution is -2.14. The number of amides is 2. The third kappa shape index (κ3) is 5.67. The molecule has 0 aliphatic carbocycles. The number of benzene rings is 2. The van der Waals surface area contributed by atoms with E-state index in [0.717, 1.165) is 16.9 Å². The van der Waals surface area contributed by atoms with Gasteiger partial charge in [-0.15, -0.1) is 0 Å². The third-order valence-corrected chi connectivity index (χ3v) is 4.01. The van der Waals surface area contributed by atoms with E-state index in [1.165, 1.54) is 12.5 Å². The number of nitrogens with zero attached hydrogens (tertiary/aromatic N) is 1. The molecule has 0 atom stereocenters. The molecule has 28 heavy (non-hydrogen) atoms. The van der Waals surface area contributed by atoms with Crippen LogP contribution < -0.4 is 16.0 Å². The van der Waals surface area contributed by atoms with Gasteiger partial charge in [0.25, 0.3) is 0 Å². The highest BCUT2D eigenvalue weighted by molar-refractivity contribution is 5.92. The van der Waals surface area contributed by atoms with Gasteiger partial charge >= 0.3 is 0 Å². The second kappa shape index (κ2) is 8.81. The Morgan fingerprint density at radius 1 is 0.821 bits per heavy atom. The fourth-order valence-electron chi connectivity index (χ4n) is 2.63. The maximum Gasteiger partial charge on any atom is 0.228 e. The van der Waals surface area contributed by atoms with Gasteiger partial charge in [0.2, 0.25) is 11.8 Å². The van der Waals surface area contributed by atoms with Crippen LogP contribution in [-0.4, -0.2) is 16.8 Å². The van der Waals surface area contributed by atoms with Gasteiger partial charge in [-0.2, -0.15) is 0 Å². The number of anilines is 4. The van der Waals surface area contributed by atoms with Gasteiger partial charge in [-0.25, -0.2) is 4.98 Å². The van der Waals surface area contributed by atoms with Crippen LogP contribution in [-0.2, 0) is 16.0 Å². The van der Waals surface area contributed by atoms with Gasteiger partial charge in [-0.1, -0.05) is 29.8 Å². The van der Waals surface area contributed by atoms with E-state index in [1.807, 2.05) is 55.5 Å². The normalized spacial score (nSPS) is 10.2. The average Bonchev–Trinajstić information content (AvgIpc) is 2.66. The van der Waals surface area contributed by atoms with Crippen LogP contribution in [0.15, 0.2) is 66.9 Å². The quantitative estimate of drug-likeness (QED) is 0.602. The molecule has 3 N–H and O–H groups in total. The maximum atomic E-state index is 12.2. The molecule has 0 saturated carbocycles. The molecular weight excluding hydrogens is 352 g/mol. The minimum atomic E-state index is -0.109. The van der Waals surface area contributed by atoms with Crippen LogP contribution >= 0.6 is 0 Å². The summed E-state index contributed by atoms with van der Waals surface area (Å²) in [5.74, 6) is 0.464. The zero-order chi connectivity index (χ0) is 19.9. The first-order valence-corrected chi connectivity index (χ1v) is 8.94. The van der Waals surface area contributed by atoms with E-state index in [1.54, 1.807) is 18.3 Å². The number of hydrogen-bond donors (Lipinski definition) is 3. The van der Waals surface area contributed by atoms with Crippen molar-refractivity contribution in [3.63, 3.8) is 0 Å². The van der Waals surface area contributed by atoms with Crippen molar-refractivity contribution in [1.82, 2.24) is 4.98 Å². The number of aromatic nitrogens is 1. The Bertz CT molecular complexity index is 949. The molecule has 0 radical (unpaired) electrons. The second-order valence-corrected chi connectivity index (χ2v) is 6.53. The second-order valence-electron chi connectivity index (χ2n) is 6.53. The van der Waals surface area contributed by atoms with Crippen molar-refractivity contribution in [1.29, 1.82) is 0 Å². The Balaban J connectivity index is 1.55. The lowest BCUT2D eigenvalue weighted by Gasteiger charge is -2.09. The van der Waals surface area contributed by atoms with Crippen molar-refractivity contribution in [2.45, 2.75) is 20.3 Å². The van der Waals surface area contributed by atoms with Crippen molar-refractivity contribution < 1.29 is 9.59 Å². The van der Waals surface area contributed by atoms with Crippen molar-refractivity contribution in [3.8, 4) is 0 Å². The van der Waals surface area contributed by atoms with Gasteiger partial charge in [-0.05, 0) is 48.9 Å². The molecule has 0 spiro atoms. The molecule has 3 aromatic rings. The van der Waals surface area contributed by atoms with E-state index < -0.39 is 0 Å². The molecule has 1 aromatic heterocycles. The van der Waals surface area contributed by atoms with Gasteiger partial charge in [-0.3, -0.25) is 9.59 Å². The molecule has 0 saturated heterocycles.